The Morgan fingerprint density at radius 1 is 1.04 bits per heavy atom. The summed E-state index contributed by atoms with van der Waals surface area (Å²) < 4.78 is 0. The maximum absolute atomic E-state index is 8.98. The minimum atomic E-state index is 0.265. The van der Waals surface area contributed by atoms with Gasteiger partial charge in [0.2, 0.25) is 0 Å². The monoisotopic (exact) mass is 358 g/mol. The van der Waals surface area contributed by atoms with Crippen molar-refractivity contribution in [3.05, 3.63) is 47.2 Å². The fraction of sp³-hybridized carbons (Fsp3) is 0.680. The average molecular weight is 359 g/mol. The van der Waals surface area contributed by atoms with Gasteiger partial charge in [0, 0.05) is 6.42 Å². The highest BCUT2D eigenvalue weighted by Crippen LogP contribution is 2.29. The zero-order valence-electron chi connectivity index (χ0n) is 17.7. The van der Waals surface area contributed by atoms with Gasteiger partial charge in [-0.15, -0.1) is 0 Å². The van der Waals surface area contributed by atoms with Crippen LogP contribution >= 0.6 is 0 Å². The van der Waals surface area contributed by atoms with E-state index < -0.39 is 0 Å². The number of aliphatic hydroxyl groups excluding tert-OH is 1. The first-order chi connectivity index (χ1) is 12.5. The molecule has 0 spiro atoms. The van der Waals surface area contributed by atoms with E-state index >= 15 is 0 Å². The lowest BCUT2D eigenvalue weighted by molar-refractivity contribution is 0.391. The normalized spacial score (nSPS) is 14.1. The summed E-state index contributed by atoms with van der Waals surface area (Å²) in [7, 11) is 0. The number of allylic oxidation sites excluding steroid dienone is 1. The van der Waals surface area contributed by atoms with E-state index in [0.29, 0.717) is 6.42 Å². The molecule has 1 N–H and O–H groups in total. The highest BCUT2D eigenvalue weighted by Gasteiger charge is 2.13. The Morgan fingerprint density at radius 3 is 2.35 bits per heavy atom. The molecule has 0 aromatic heterocycles. The molecule has 0 heterocycles. The SMILES string of the molecule is C=C(O)CCc1cccc(C)c1C.CCCCCCCCC1CCCC1. The second-order valence-electron chi connectivity index (χ2n) is 8.13. The van der Waals surface area contributed by atoms with Gasteiger partial charge in [0.25, 0.3) is 0 Å². The van der Waals surface area contributed by atoms with Crippen LogP contribution < -0.4 is 0 Å². The number of aliphatic hydroxyl groups is 1. The predicted molar refractivity (Wildman–Crippen MR) is 116 cm³/mol. The molecule has 26 heavy (non-hydrogen) atoms. The van der Waals surface area contributed by atoms with Crippen LogP contribution in [0.15, 0.2) is 30.5 Å². The van der Waals surface area contributed by atoms with E-state index in [1.807, 2.05) is 0 Å². The second-order valence-corrected chi connectivity index (χ2v) is 8.13. The van der Waals surface area contributed by atoms with Crippen molar-refractivity contribution in [2.24, 2.45) is 5.92 Å². The Balaban J connectivity index is 0.000000260. The van der Waals surface area contributed by atoms with E-state index in [4.69, 9.17) is 5.11 Å². The third kappa shape index (κ3) is 10.0. The van der Waals surface area contributed by atoms with Crippen molar-refractivity contribution < 1.29 is 5.11 Å². The van der Waals surface area contributed by atoms with Gasteiger partial charge in [-0.05, 0) is 42.9 Å². The van der Waals surface area contributed by atoms with Crippen LogP contribution in [-0.4, -0.2) is 5.11 Å². The van der Waals surface area contributed by atoms with Crippen LogP contribution in [0.25, 0.3) is 0 Å². The minimum Gasteiger partial charge on any atom is -0.513 e. The molecule has 0 saturated heterocycles. The number of aryl methyl sites for hydroxylation is 2. The molecule has 0 atom stereocenters. The van der Waals surface area contributed by atoms with E-state index in [9.17, 15) is 0 Å². The zero-order chi connectivity index (χ0) is 19.2. The Hall–Kier alpha value is -1.24. The summed E-state index contributed by atoms with van der Waals surface area (Å²) in [6.07, 6.45) is 18.0. The first-order valence-electron chi connectivity index (χ1n) is 11.0. The number of hydrogen-bond donors (Lipinski definition) is 1. The highest BCUT2D eigenvalue weighted by atomic mass is 16.3. The molecule has 1 aromatic rings. The third-order valence-corrected chi connectivity index (χ3v) is 5.84. The number of benzene rings is 1. The molecule has 148 valence electrons. The van der Waals surface area contributed by atoms with Gasteiger partial charge in [0.15, 0.2) is 0 Å². The number of hydrogen-bond acceptors (Lipinski definition) is 1. The summed E-state index contributed by atoms with van der Waals surface area (Å²) in [5.74, 6) is 1.38. The third-order valence-electron chi connectivity index (χ3n) is 5.84. The molecule has 1 aliphatic carbocycles. The molecule has 0 unspecified atom stereocenters. The van der Waals surface area contributed by atoms with Gasteiger partial charge in [-0.3, -0.25) is 0 Å². The van der Waals surface area contributed by atoms with Crippen molar-refractivity contribution in [3.8, 4) is 0 Å². The highest BCUT2D eigenvalue weighted by molar-refractivity contribution is 5.33. The summed E-state index contributed by atoms with van der Waals surface area (Å²) in [5.41, 5.74) is 3.93. The number of unbranched alkanes of at least 4 members (excludes halogenated alkanes) is 5. The van der Waals surface area contributed by atoms with Gasteiger partial charge in [-0.25, -0.2) is 0 Å². The Labute approximate surface area is 162 Å². The van der Waals surface area contributed by atoms with Crippen molar-refractivity contribution in [2.45, 2.75) is 104 Å². The Morgan fingerprint density at radius 2 is 1.69 bits per heavy atom. The summed E-state index contributed by atoms with van der Waals surface area (Å²) in [6.45, 7) is 9.99. The lowest BCUT2D eigenvalue weighted by Gasteiger charge is -2.07. The lowest BCUT2D eigenvalue weighted by atomic mass is 9.99. The topological polar surface area (TPSA) is 20.2 Å². The number of rotatable bonds is 10. The first-order valence-corrected chi connectivity index (χ1v) is 11.0. The van der Waals surface area contributed by atoms with E-state index in [1.54, 1.807) is 0 Å². The van der Waals surface area contributed by atoms with Crippen LogP contribution in [0.2, 0.25) is 0 Å². The molecular weight excluding hydrogens is 316 g/mol. The molecule has 0 radical (unpaired) electrons. The Kier molecular flexibility index (Phi) is 12.2. The molecule has 1 aromatic carbocycles. The smallest absolute Gasteiger partial charge is 0.0854 e. The van der Waals surface area contributed by atoms with Crippen LogP contribution in [0.5, 0.6) is 0 Å². The molecule has 1 nitrogen and oxygen atoms in total. The van der Waals surface area contributed by atoms with E-state index in [-0.39, 0.29) is 5.76 Å². The quantitative estimate of drug-likeness (QED) is 0.330. The van der Waals surface area contributed by atoms with Crippen LogP contribution in [0.3, 0.4) is 0 Å². The molecule has 0 bridgehead atoms. The second kappa shape index (κ2) is 13.9. The molecular formula is C25H42O. The van der Waals surface area contributed by atoms with Crippen LogP contribution in [0.1, 0.15) is 101 Å². The molecule has 2 rings (SSSR count). The summed E-state index contributed by atoms with van der Waals surface area (Å²) in [4.78, 5) is 0. The molecule has 1 aliphatic rings. The van der Waals surface area contributed by atoms with Gasteiger partial charge < -0.3 is 5.11 Å². The average Bonchev–Trinajstić information content (AvgIpc) is 3.13. The van der Waals surface area contributed by atoms with Crippen LogP contribution in [0.4, 0.5) is 0 Å². The Bertz CT molecular complexity index is 497. The van der Waals surface area contributed by atoms with Gasteiger partial charge in [-0.1, -0.05) is 102 Å². The standard InChI is InChI=1S/C13H26.C12H16O/c1-2-3-4-5-6-7-10-13-11-8-9-12-13;1-9-5-4-6-12(11(9)3)8-7-10(2)13/h13H,2-12H2,1H3;4-6,13H,2,7-8H2,1,3H3. The van der Waals surface area contributed by atoms with Crippen LogP contribution in [-0.2, 0) is 6.42 Å². The minimum absolute atomic E-state index is 0.265. The van der Waals surface area contributed by atoms with Crippen molar-refractivity contribution >= 4 is 0 Å². The summed E-state index contributed by atoms with van der Waals surface area (Å²) >= 11 is 0. The molecule has 1 heteroatoms. The maximum atomic E-state index is 8.98. The maximum Gasteiger partial charge on any atom is 0.0854 e. The van der Waals surface area contributed by atoms with Gasteiger partial charge >= 0.3 is 0 Å². The van der Waals surface area contributed by atoms with Crippen molar-refractivity contribution in [1.29, 1.82) is 0 Å². The van der Waals surface area contributed by atoms with Crippen molar-refractivity contribution in [1.82, 2.24) is 0 Å². The predicted octanol–water partition coefficient (Wildman–Crippen LogP) is 8.23. The van der Waals surface area contributed by atoms with Crippen molar-refractivity contribution in [2.75, 3.05) is 0 Å². The molecule has 0 aliphatic heterocycles. The van der Waals surface area contributed by atoms with E-state index in [1.165, 1.54) is 87.3 Å². The van der Waals surface area contributed by atoms with Gasteiger partial charge in [-0.2, -0.15) is 0 Å². The summed E-state index contributed by atoms with van der Waals surface area (Å²) in [6, 6.07) is 6.26. The van der Waals surface area contributed by atoms with Crippen molar-refractivity contribution in [3.63, 3.8) is 0 Å². The fourth-order valence-electron chi connectivity index (χ4n) is 3.87. The van der Waals surface area contributed by atoms with Crippen LogP contribution in [0, 0.1) is 19.8 Å². The summed E-state index contributed by atoms with van der Waals surface area (Å²) in [5, 5.41) is 8.98. The zero-order valence-corrected chi connectivity index (χ0v) is 17.7. The fourth-order valence-corrected chi connectivity index (χ4v) is 3.87. The van der Waals surface area contributed by atoms with E-state index in [2.05, 4.69) is 45.5 Å². The van der Waals surface area contributed by atoms with E-state index in [0.717, 1.165) is 12.3 Å². The molecule has 1 fully saturated rings. The molecule has 0 amide bonds. The lowest BCUT2D eigenvalue weighted by Crippen LogP contribution is -1.93. The van der Waals surface area contributed by atoms with Gasteiger partial charge in [0.1, 0.15) is 0 Å². The largest absolute Gasteiger partial charge is 0.513 e. The molecule has 1 saturated carbocycles. The van der Waals surface area contributed by atoms with Gasteiger partial charge in [0.05, 0.1) is 5.76 Å². The first kappa shape index (κ1) is 22.8.